The molecule has 0 atom stereocenters. The van der Waals surface area contributed by atoms with Crippen LogP contribution < -0.4 is 14.2 Å². The lowest BCUT2D eigenvalue weighted by molar-refractivity contribution is 0.104. The van der Waals surface area contributed by atoms with Gasteiger partial charge in [0, 0.05) is 18.2 Å². The molecule has 0 fully saturated rings. The fourth-order valence-electron chi connectivity index (χ4n) is 3.95. The van der Waals surface area contributed by atoms with Crippen molar-refractivity contribution in [3.05, 3.63) is 72.0 Å². The lowest BCUT2D eigenvalue weighted by Crippen LogP contribution is -2.02. The van der Waals surface area contributed by atoms with E-state index in [0.717, 1.165) is 16.7 Å². The molecule has 0 bridgehead atoms. The first-order valence-electron chi connectivity index (χ1n) is 10.1. The molecule has 32 heavy (non-hydrogen) atoms. The predicted octanol–water partition coefficient (Wildman–Crippen LogP) is 4.71. The zero-order valence-electron chi connectivity index (χ0n) is 18.6. The molecular formula is C25H25N3O4. The van der Waals surface area contributed by atoms with Gasteiger partial charge in [-0.15, -0.1) is 6.58 Å². The number of nitrogens with zero attached hydrogens (tertiary/aromatic N) is 3. The number of para-hydroxylation sites is 2. The van der Waals surface area contributed by atoms with Gasteiger partial charge in [0.05, 0.1) is 43.6 Å². The maximum Gasteiger partial charge on any atom is 0.191 e. The van der Waals surface area contributed by atoms with E-state index < -0.39 is 0 Å². The molecule has 7 heteroatoms. The van der Waals surface area contributed by atoms with E-state index in [0.29, 0.717) is 40.6 Å². The molecule has 0 spiro atoms. The quantitative estimate of drug-likeness (QED) is 0.230. The highest BCUT2D eigenvalue weighted by Gasteiger charge is 2.22. The molecule has 0 aliphatic heterocycles. The average molecular weight is 431 g/mol. The number of carbonyl (C=O) groups excluding carboxylic acids is 1. The highest BCUT2D eigenvalue weighted by Crippen LogP contribution is 2.35. The molecule has 0 saturated heterocycles. The molecule has 0 N–H and O–H groups in total. The Bertz CT molecular complexity index is 1360. The standard InChI is InChI=1S/C25H25N3O4/c1-6-13-27-18-9-7-8-10-19(18)28-25(27)24(16(2)26-28)20(29)12-11-17-14-22(31-4)23(32-5)15-21(17)30-3/h6-12,14-15H,1,13H2,2-5H3. The lowest BCUT2D eigenvalue weighted by Gasteiger charge is -2.12. The van der Waals surface area contributed by atoms with E-state index in [1.54, 1.807) is 39.5 Å². The molecule has 0 saturated carbocycles. The molecule has 4 rings (SSSR count). The van der Waals surface area contributed by atoms with Crippen LogP contribution in [0.4, 0.5) is 0 Å². The number of ketones is 1. The SMILES string of the molecule is C=CCn1c2ccccc2n2nc(C)c(C(=O)C=Cc3cc(OC)c(OC)cc3OC)c12. The van der Waals surface area contributed by atoms with Crippen LogP contribution in [0.1, 0.15) is 21.6 Å². The fraction of sp³-hybridized carbons (Fsp3) is 0.200. The number of rotatable bonds is 8. The van der Waals surface area contributed by atoms with Crippen LogP contribution in [0.2, 0.25) is 0 Å². The van der Waals surface area contributed by atoms with Crippen LogP contribution in [0.15, 0.2) is 55.1 Å². The highest BCUT2D eigenvalue weighted by atomic mass is 16.5. The van der Waals surface area contributed by atoms with Gasteiger partial charge in [-0.25, -0.2) is 4.52 Å². The smallest absolute Gasteiger partial charge is 0.191 e. The van der Waals surface area contributed by atoms with Crippen LogP contribution in [0.25, 0.3) is 22.8 Å². The molecule has 2 aromatic carbocycles. The van der Waals surface area contributed by atoms with Gasteiger partial charge < -0.3 is 18.8 Å². The molecular weight excluding hydrogens is 406 g/mol. The number of hydrogen-bond acceptors (Lipinski definition) is 5. The van der Waals surface area contributed by atoms with Gasteiger partial charge in [-0.3, -0.25) is 4.79 Å². The number of benzene rings is 2. The second kappa shape index (κ2) is 8.63. The summed E-state index contributed by atoms with van der Waals surface area (Å²) < 4.78 is 20.1. The van der Waals surface area contributed by atoms with Crippen LogP contribution in [0, 0.1) is 6.92 Å². The van der Waals surface area contributed by atoms with Crippen LogP contribution in [-0.4, -0.2) is 41.3 Å². The molecule has 2 aromatic heterocycles. The van der Waals surface area contributed by atoms with Gasteiger partial charge in [0.25, 0.3) is 0 Å². The van der Waals surface area contributed by atoms with Crippen molar-refractivity contribution >= 4 is 28.5 Å². The zero-order valence-corrected chi connectivity index (χ0v) is 18.6. The van der Waals surface area contributed by atoms with Crippen LogP contribution in [-0.2, 0) is 6.54 Å². The zero-order chi connectivity index (χ0) is 22.8. The molecule has 7 nitrogen and oxygen atoms in total. The van der Waals surface area contributed by atoms with E-state index in [-0.39, 0.29) is 5.78 Å². The number of carbonyl (C=O) groups is 1. The number of fused-ring (bicyclic) bond motifs is 3. The Labute approximate surface area is 186 Å². The van der Waals surface area contributed by atoms with Gasteiger partial charge in [-0.05, 0) is 37.3 Å². The van der Waals surface area contributed by atoms with E-state index in [2.05, 4.69) is 16.2 Å². The summed E-state index contributed by atoms with van der Waals surface area (Å²) in [4.78, 5) is 13.3. The Morgan fingerprint density at radius 1 is 1.03 bits per heavy atom. The molecule has 0 aliphatic carbocycles. The fourth-order valence-corrected chi connectivity index (χ4v) is 3.95. The number of aromatic nitrogens is 3. The van der Waals surface area contributed by atoms with Gasteiger partial charge in [-0.2, -0.15) is 5.10 Å². The number of methoxy groups -OCH3 is 3. The van der Waals surface area contributed by atoms with Crippen molar-refractivity contribution in [3.8, 4) is 17.2 Å². The minimum absolute atomic E-state index is 0.151. The van der Waals surface area contributed by atoms with Crippen molar-refractivity contribution in [2.24, 2.45) is 0 Å². The van der Waals surface area contributed by atoms with Crippen LogP contribution >= 0.6 is 0 Å². The third-order valence-corrected chi connectivity index (χ3v) is 5.40. The summed E-state index contributed by atoms with van der Waals surface area (Å²) in [6.45, 7) is 6.28. The van der Waals surface area contributed by atoms with Crippen molar-refractivity contribution in [1.82, 2.24) is 14.2 Å². The molecule has 0 unspecified atom stereocenters. The summed E-state index contributed by atoms with van der Waals surface area (Å²) in [5.74, 6) is 1.53. The number of aryl methyl sites for hydroxylation is 1. The minimum Gasteiger partial charge on any atom is -0.496 e. The van der Waals surface area contributed by atoms with Gasteiger partial charge >= 0.3 is 0 Å². The summed E-state index contributed by atoms with van der Waals surface area (Å²) in [5, 5.41) is 4.65. The van der Waals surface area contributed by atoms with Crippen molar-refractivity contribution in [2.45, 2.75) is 13.5 Å². The summed E-state index contributed by atoms with van der Waals surface area (Å²) in [5.41, 5.74) is 4.60. The molecule has 2 heterocycles. The largest absolute Gasteiger partial charge is 0.496 e. The first-order valence-corrected chi connectivity index (χ1v) is 10.1. The van der Waals surface area contributed by atoms with Crippen molar-refractivity contribution in [3.63, 3.8) is 0 Å². The predicted molar refractivity (Wildman–Crippen MR) is 125 cm³/mol. The summed E-state index contributed by atoms with van der Waals surface area (Å²) >= 11 is 0. The van der Waals surface area contributed by atoms with E-state index in [1.165, 1.54) is 6.08 Å². The number of hydrogen-bond donors (Lipinski definition) is 0. The normalized spacial score (nSPS) is 11.4. The van der Waals surface area contributed by atoms with E-state index in [9.17, 15) is 4.79 Å². The molecule has 0 amide bonds. The van der Waals surface area contributed by atoms with Crippen LogP contribution in [0.3, 0.4) is 0 Å². The lowest BCUT2D eigenvalue weighted by atomic mass is 10.1. The Morgan fingerprint density at radius 3 is 2.34 bits per heavy atom. The third-order valence-electron chi connectivity index (χ3n) is 5.40. The maximum absolute atomic E-state index is 13.3. The monoisotopic (exact) mass is 431 g/mol. The topological polar surface area (TPSA) is 67.0 Å². The van der Waals surface area contributed by atoms with Crippen molar-refractivity contribution in [2.75, 3.05) is 21.3 Å². The Balaban J connectivity index is 1.82. The average Bonchev–Trinajstić information content (AvgIpc) is 3.30. The van der Waals surface area contributed by atoms with Crippen LogP contribution in [0.5, 0.6) is 17.2 Å². The number of ether oxygens (including phenoxy) is 3. The van der Waals surface area contributed by atoms with Gasteiger partial charge in [-0.1, -0.05) is 18.2 Å². The Kier molecular flexibility index (Phi) is 5.73. The van der Waals surface area contributed by atoms with Gasteiger partial charge in [0.1, 0.15) is 11.4 Å². The molecule has 164 valence electrons. The Hall–Kier alpha value is -4.00. The summed E-state index contributed by atoms with van der Waals surface area (Å²) in [6, 6.07) is 11.4. The first kappa shape index (κ1) is 21.2. The molecule has 0 aliphatic rings. The van der Waals surface area contributed by atoms with Crippen molar-refractivity contribution in [1.29, 1.82) is 0 Å². The number of allylic oxidation sites excluding steroid dienone is 2. The molecule has 0 radical (unpaired) electrons. The van der Waals surface area contributed by atoms with E-state index >= 15 is 0 Å². The maximum atomic E-state index is 13.3. The van der Waals surface area contributed by atoms with Gasteiger partial charge in [0.15, 0.2) is 17.3 Å². The third kappa shape index (κ3) is 3.41. The Morgan fingerprint density at radius 2 is 1.69 bits per heavy atom. The molecule has 4 aromatic rings. The summed E-state index contributed by atoms with van der Waals surface area (Å²) in [7, 11) is 4.70. The van der Waals surface area contributed by atoms with Gasteiger partial charge in [0.2, 0.25) is 0 Å². The highest BCUT2D eigenvalue weighted by molar-refractivity contribution is 6.12. The van der Waals surface area contributed by atoms with E-state index in [4.69, 9.17) is 14.2 Å². The summed E-state index contributed by atoms with van der Waals surface area (Å²) in [6.07, 6.45) is 5.06. The number of imidazole rings is 1. The second-order valence-corrected chi connectivity index (χ2v) is 7.23. The minimum atomic E-state index is -0.151. The van der Waals surface area contributed by atoms with Crippen molar-refractivity contribution < 1.29 is 19.0 Å². The first-order chi connectivity index (χ1) is 15.5. The van der Waals surface area contributed by atoms with E-state index in [1.807, 2.05) is 41.8 Å². The second-order valence-electron chi connectivity index (χ2n) is 7.23.